The van der Waals surface area contributed by atoms with Crippen molar-refractivity contribution in [3.8, 4) is 11.5 Å². The van der Waals surface area contributed by atoms with Crippen LogP contribution in [0, 0.1) is 0 Å². The first-order valence-electron chi connectivity index (χ1n) is 8.73. The summed E-state index contributed by atoms with van der Waals surface area (Å²) in [4.78, 5) is 22.4. The number of aromatic amines is 1. The number of H-pyrrole nitrogens is 1. The summed E-state index contributed by atoms with van der Waals surface area (Å²) >= 11 is 0. The van der Waals surface area contributed by atoms with Crippen LogP contribution in [0.1, 0.15) is 41.4 Å². The Bertz CT molecular complexity index is 842. The highest BCUT2D eigenvalue weighted by Crippen LogP contribution is 2.38. The number of methoxy groups -OCH3 is 2. The molecule has 0 unspecified atom stereocenters. The van der Waals surface area contributed by atoms with E-state index < -0.39 is 0 Å². The Morgan fingerprint density at radius 1 is 1.28 bits per heavy atom. The monoisotopic (exact) mass is 341 g/mol. The van der Waals surface area contributed by atoms with Crippen molar-refractivity contribution in [1.82, 2.24) is 14.9 Å². The fourth-order valence-corrected chi connectivity index (χ4v) is 3.43. The molecule has 6 heteroatoms. The van der Waals surface area contributed by atoms with Crippen molar-refractivity contribution in [3.05, 3.63) is 51.2 Å². The van der Waals surface area contributed by atoms with Gasteiger partial charge in [-0.25, -0.2) is 4.98 Å². The first-order chi connectivity index (χ1) is 12.2. The lowest BCUT2D eigenvalue weighted by atomic mass is 10.1. The lowest BCUT2D eigenvalue weighted by Crippen LogP contribution is -2.35. The number of ether oxygens (including phenoxy) is 2. The second-order valence-electron chi connectivity index (χ2n) is 6.79. The van der Waals surface area contributed by atoms with Gasteiger partial charge in [0.2, 0.25) is 0 Å². The molecular formula is C19H23N3O3. The zero-order chi connectivity index (χ0) is 17.4. The van der Waals surface area contributed by atoms with Crippen LogP contribution in [0.4, 0.5) is 0 Å². The molecule has 0 atom stereocenters. The lowest BCUT2D eigenvalue weighted by Gasteiger charge is -2.28. The average molecular weight is 341 g/mol. The molecule has 1 aliphatic heterocycles. The standard InChI is InChI=1S/C19H23N3O3/c1-24-14-5-6-17(25-2)13(9-14)10-22-8-7-16-15(11-22)19(23)21-18(20-16)12-3-4-12/h5-6,9,12H,3-4,7-8,10-11H2,1-2H3,(H,20,21,23). The summed E-state index contributed by atoms with van der Waals surface area (Å²) < 4.78 is 10.8. The van der Waals surface area contributed by atoms with Crippen molar-refractivity contribution in [2.45, 2.75) is 38.3 Å². The predicted molar refractivity (Wildman–Crippen MR) is 94.2 cm³/mol. The molecule has 0 spiro atoms. The molecule has 1 aromatic carbocycles. The summed E-state index contributed by atoms with van der Waals surface area (Å²) in [6, 6.07) is 5.80. The third kappa shape index (κ3) is 3.26. The van der Waals surface area contributed by atoms with E-state index in [4.69, 9.17) is 14.5 Å². The maximum atomic E-state index is 12.5. The number of hydrogen-bond acceptors (Lipinski definition) is 5. The van der Waals surface area contributed by atoms with Crippen LogP contribution in [-0.2, 0) is 19.5 Å². The van der Waals surface area contributed by atoms with Crippen LogP contribution in [-0.4, -0.2) is 35.6 Å². The molecule has 1 fully saturated rings. The maximum absolute atomic E-state index is 12.5. The summed E-state index contributed by atoms with van der Waals surface area (Å²) in [5.74, 6) is 2.99. The largest absolute Gasteiger partial charge is 0.497 e. The Balaban J connectivity index is 1.56. The van der Waals surface area contributed by atoms with Crippen molar-refractivity contribution in [2.75, 3.05) is 20.8 Å². The average Bonchev–Trinajstić information content (AvgIpc) is 3.47. The molecule has 2 aromatic rings. The quantitative estimate of drug-likeness (QED) is 0.903. The van der Waals surface area contributed by atoms with Gasteiger partial charge in [0.05, 0.1) is 25.5 Å². The van der Waals surface area contributed by atoms with Crippen LogP contribution >= 0.6 is 0 Å². The van der Waals surface area contributed by atoms with E-state index in [9.17, 15) is 4.79 Å². The van der Waals surface area contributed by atoms with E-state index in [1.165, 1.54) is 0 Å². The highest BCUT2D eigenvalue weighted by molar-refractivity contribution is 5.40. The second kappa shape index (κ2) is 6.52. The van der Waals surface area contributed by atoms with Gasteiger partial charge in [-0.3, -0.25) is 9.69 Å². The third-order valence-electron chi connectivity index (χ3n) is 5.01. The van der Waals surface area contributed by atoms with Crippen LogP contribution < -0.4 is 15.0 Å². The predicted octanol–water partition coefficient (Wildman–Crippen LogP) is 2.22. The molecule has 2 heterocycles. The number of nitrogens with one attached hydrogen (secondary N) is 1. The molecule has 1 aliphatic carbocycles. The van der Waals surface area contributed by atoms with E-state index in [0.717, 1.165) is 60.0 Å². The minimum absolute atomic E-state index is 0.0224. The molecule has 6 nitrogen and oxygen atoms in total. The van der Waals surface area contributed by atoms with Gasteiger partial charge >= 0.3 is 0 Å². The number of rotatable bonds is 5. The summed E-state index contributed by atoms with van der Waals surface area (Å²) in [6.07, 6.45) is 3.10. The summed E-state index contributed by atoms with van der Waals surface area (Å²) in [7, 11) is 3.33. The van der Waals surface area contributed by atoms with Crippen molar-refractivity contribution in [2.24, 2.45) is 0 Å². The van der Waals surface area contributed by atoms with Crippen LogP contribution in [0.25, 0.3) is 0 Å². The van der Waals surface area contributed by atoms with Crippen LogP contribution in [0.15, 0.2) is 23.0 Å². The molecule has 4 rings (SSSR count). The van der Waals surface area contributed by atoms with Gasteiger partial charge in [0.15, 0.2) is 0 Å². The highest BCUT2D eigenvalue weighted by atomic mass is 16.5. The number of nitrogens with zero attached hydrogens (tertiary/aromatic N) is 2. The molecule has 0 amide bonds. The minimum atomic E-state index is 0.0224. The van der Waals surface area contributed by atoms with Crippen molar-refractivity contribution in [1.29, 1.82) is 0 Å². The van der Waals surface area contributed by atoms with E-state index in [2.05, 4.69) is 9.88 Å². The van der Waals surface area contributed by atoms with Crippen LogP contribution in [0.2, 0.25) is 0 Å². The zero-order valence-corrected chi connectivity index (χ0v) is 14.7. The van der Waals surface area contributed by atoms with Gasteiger partial charge in [-0.15, -0.1) is 0 Å². The maximum Gasteiger partial charge on any atom is 0.255 e. The minimum Gasteiger partial charge on any atom is -0.497 e. The fraction of sp³-hybridized carbons (Fsp3) is 0.474. The van der Waals surface area contributed by atoms with Gasteiger partial charge < -0.3 is 14.5 Å². The summed E-state index contributed by atoms with van der Waals surface area (Å²) in [5.41, 5.74) is 2.86. The van der Waals surface area contributed by atoms with Crippen molar-refractivity contribution < 1.29 is 9.47 Å². The van der Waals surface area contributed by atoms with Gasteiger partial charge in [0.1, 0.15) is 17.3 Å². The SMILES string of the molecule is COc1ccc(OC)c(CN2CCc3nc(C4CC4)[nH]c(=O)c3C2)c1. The van der Waals surface area contributed by atoms with Gasteiger partial charge in [0.25, 0.3) is 5.56 Å². The number of fused-ring (bicyclic) bond motifs is 1. The molecule has 1 N–H and O–H groups in total. The first kappa shape index (κ1) is 16.1. The zero-order valence-electron chi connectivity index (χ0n) is 14.7. The van der Waals surface area contributed by atoms with Crippen molar-refractivity contribution in [3.63, 3.8) is 0 Å². The van der Waals surface area contributed by atoms with Gasteiger partial charge in [-0.05, 0) is 31.0 Å². The first-order valence-corrected chi connectivity index (χ1v) is 8.73. The Labute approximate surface area is 146 Å². The summed E-state index contributed by atoms with van der Waals surface area (Å²) in [5, 5.41) is 0. The Hall–Kier alpha value is -2.34. The topological polar surface area (TPSA) is 67.5 Å². The lowest BCUT2D eigenvalue weighted by molar-refractivity contribution is 0.237. The van der Waals surface area contributed by atoms with E-state index in [-0.39, 0.29) is 5.56 Å². The Kier molecular flexibility index (Phi) is 4.21. The fourth-order valence-electron chi connectivity index (χ4n) is 3.43. The molecule has 2 aliphatic rings. The number of hydrogen-bond donors (Lipinski definition) is 1. The molecule has 25 heavy (non-hydrogen) atoms. The van der Waals surface area contributed by atoms with E-state index in [1.54, 1.807) is 14.2 Å². The second-order valence-corrected chi connectivity index (χ2v) is 6.79. The molecular weight excluding hydrogens is 318 g/mol. The highest BCUT2D eigenvalue weighted by Gasteiger charge is 2.29. The molecule has 132 valence electrons. The van der Waals surface area contributed by atoms with Crippen molar-refractivity contribution >= 4 is 0 Å². The third-order valence-corrected chi connectivity index (χ3v) is 5.01. The molecule has 1 aromatic heterocycles. The van der Waals surface area contributed by atoms with Gasteiger partial charge in [-0.1, -0.05) is 0 Å². The van der Waals surface area contributed by atoms with Crippen LogP contribution in [0.3, 0.4) is 0 Å². The van der Waals surface area contributed by atoms with E-state index in [1.807, 2.05) is 18.2 Å². The molecule has 0 bridgehead atoms. The number of aromatic nitrogens is 2. The normalized spacial score (nSPS) is 17.2. The number of benzene rings is 1. The van der Waals surface area contributed by atoms with E-state index in [0.29, 0.717) is 19.0 Å². The molecule has 0 saturated heterocycles. The van der Waals surface area contributed by atoms with Crippen LogP contribution in [0.5, 0.6) is 11.5 Å². The van der Waals surface area contributed by atoms with Gasteiger partial charge in [-0.2, -0.15) is 0 Å². The van der Waals surface area contributed by atoms with E-state index >= 15 is 0 Å². The smallest absolute Gasteiger partial charge is 0.255 e. The molecule has 1 saturated carbocycles. The van der Waals surface area contributed by atoms with Gasteiger partial charge in [0, 0.05) is 37.5 Å². The molecule has 0 radical (unpaired) electrons. The summed E-state index contributed by atoms with van der Waals surface area (Å²) in [6.45, 7) is 2.21. The Morgan fingerprint density at radius 3 is 2.84 bits per heavy atom. The Morgan fingerprint density at radius 2 is 2.12 bits per heavy atom.